The number of methoxy groups -OCH3 is 3. The van der Waals surface area contributed by atoms with E-state index < -0.39 is 23.7 Å². The Balaban J connectivity index is 1.72. The second kappa shape index (κ2) is 12.7. The summed E-state index contributed by atoms with van der Waals surface area (Å²) >= 11 is 6.47. The summed E-state index contributed by atoms with van der Waals surface area (Å²) in [6, 6.07) is 17.6. The molecule has 2 amide bonds. The number of amides is 2. The maximum Gasteiger partial charge on any atom is 0.262 e. The number of hydrazone groups is 1. The molecule has 1 atom stereocenters. The van der Waals surface area contributed by atoms with Gasteiger partial charge in [0, 0.05) is 36.2 Å². The fourth-order valence-corrected chi connectivity index (χ4v) is 4.68. The number of halogens is 2. The number of carbonyl (C=O) groups excluding carboxylic acids is 2. The lowest BCUT2D eigenvalue weighted by molar-refractivity contribution is -0.133. The highest BCUT2D eigenvalue weighted by Gasteiger charge is 2.37. The molecule has 3 aromatic rings. The lowest BCUT2D eigenvalue weighted by Gasteiger charge is -2.28. The molecular weight excluding hydrogens is 525 g/mol. The third-order valence-corrected chi connectivity index (χ3v) is 6.76. The van der Waals surface area contributed by atoms with Crippen molar-refractivity contribution in [1.29, 1.82) is 0 Å². The molecule has 4 rings (SSSR count). The Labute approximate surface area is 231 Å². The van der Waals surface area contributed by atoms with E-state index in [4.69, 9.17) is 25.8 Å². The Morgan fingerprint density at radius 3 is 2.49 bits per heavy atom. The minimum atomic E-state index is -0.670. The zero-order valence-electron chi connectivity index (χ0n) is 21.9. The van der Waals surface area contributed by atoms with Gasteiger partial charge >= 0.3 is 0 Å². The van der Waals surface area contributed by atoms with Crippen molar-refractivity contribution in [3.8, 4) is 11.5 Å². The van der Waals surface area contributed by atoms with E-state index in [9.17, 15) is 14.0 Å². The molecule has 39 heavy (non-hydrogen) atoms. The molecule has 1 aliphatic rings. The van der Waals surface area contributed by atoms with Gasteiger partial charge in [0.2, 0.25) is 0 Å². The average molecular weight is 554 g/mol. The highest BCUT2D eigenvalue weighted by Crippen LogP contribution is 2.40. The SMILES string of the molecule is COCCN(CC(=O)N1N=C(c2ccccc2Cl)C[C@@H]1c1cc(OC)ccc1OC)C(=O)c1ccccc1F. The van der Waals surface area contributed by atoms with Gasteiger partial charge in [-0.1, -0.05) is 41.9 Å². The smallest absolute Gasteiger partial charge is 0.262 e. The fraction of sp³-hybridized carbons (Fsp3) is 0.276. The maximum absolute atomic E-state index is 14.4. The summed E-state index contributed by atoms with van der Waals surface area (Å²) in [6.45, 7) is -0.106. The van der Waals surface area contributed by atoms with Crippen LogP contribution in [0.2, 0.25) is 5.02 Å². The highest BCUT2D eigenvalue weighted by atomic mass is 35.5. The van der Waals surface area contributed by atoms with Gasteiger partial charge in [-0.2, -0.15) is 5.10 Å². The quantitative estimate of drug-likeness (QED) is 0.354. The molecule has 8 nitrogen and oxygen atoms in total. The van der Waals surface area contributed by atoms with E-state index in [0.717, 1.165) is 0 Å². The number of carbonyl (C=O) groups is 2. The van der Waals surface area contributed by atoms with Gasteiger partial charge in [0.25, 0.3) is 11.8 Å². The summed E-state index contributed by atoms with van der Waals surface area (Å²) in [6.07, 6.45) is 0.346. The first-order chi connectivity index (χ1) is 18.9. The second-order valence-electron chi connectivity index (χ2n) is 8.79. The lowest BCUT2D eigenvalue weighted by atomic mass is 9.97. The third kappa shape index (κ3) is 6.21. The first-order valence-electron chi connectivity index (χ1n) is 12.3. The predicted octanol–water partition coefficient (Wildman–Crippen LogP) is 4.96. The molecule has 0 fully saturated rings. The second-order valence-corrected chi connectivity index (χ2v) is 9.20. The lowest BCUT2D eigenvalue weighted by Crippen LogP contribution is -2.43. The van der Waals surface area contributed by atoms with Gasteiger partial charge in [0.1, 0.15) is 23.9 Å². The molecule has 0 radical (unpaired) electrons. The third-order valence-electron chi connectivity index (χ3n) is 6.43. The molecule has 0 spiro atoms. The van der Waals surface area contributed by atoms with Crippen molar-refractivity contribution in [1.82, 2.24) is 9.91 Å². The van der Waals surface area contributed by atoms with Gasteiger partial charge in [0.05, 0.1) is 38.1 Å². The zero-order chi connectivity index (χ0) is 27.9. The van der Waals surface area contributed by atoms with Gasteiger partial charge in [-0.05, 0) is 36.4 Å². The summed E-state index contributed by atoms with van der Waals surface area (Å²) < 4.78 is 30.6. The van der Waals surface area contributed by atoms with E-state index in [1.807, 2.05) is 18.2 Å². The summed E-state index contributed by atoms with van der Waals surface area (Å²) in [5.74, 6) is -0.624. The first kappa shape index (κ1) is 28.1. The van der Waals surface area contributed by atoms with Crippen molar-refractivity contribution in [3.05, 3.63) is 94.3 Å². The van der Waals surface area contributed by atoms with Crippen LogP contribution < -0.4 is 9.47 Å². The van der Waals surface area contributed by atoms with E-state index in [1.54, 1.807) is 44.6 Å². The minimum Gasteiger partial charge on any atom is -0.497 e. The molecule has 3 aromatic carbocycles. The van der Waals surface area contributed by atoms with Crippen molar-refractivity contribution >= 4 is 29.1 Å². The van der Waals surface area contributed by atoms with Crippen molar-refractivity contribution in [2.45, 2.75) is 12.5 Å². The van der Waals surface area contributed by atoms with Gasteiger partial charge in [-0.3, -0.25) is 9.59 Å². The number of hydrogen-bond donors (Lipinski definition) is 0. The number of benzene rings is 3. The van der Waals surface area contributed by atoms with Gasteiger partial charge < -0.3 is 19.1 Å². The molecule has 0 N–H and O–H groups in total. The van der Waals surface area contributed by atoms with Crippen LogP contribution in [0.15, 0.2) is 71.8 Å². The molecular formula is C29H29ClFN3O5. The van der Waals surface area contributed by atoms with Crippen molar-refractivity contribution < 1.29 is 28.2 Å². The van der Waals surface area contributed by atoms with E-state index in [2.05, 4.69) is 5.10 Å². The topological polar surface area (TPSA) is 80.7 Å². The molecule has 0 saturated carbocycles. The first-order valence-corrected chi connectivity index (χ1v) is 12.6. The number of ether oxygens (including phenoxy) is 3. The monoisotopic (exact) mass is 553 g/mol. The fourth-order valence-electron chi connectivity index (χ4n) is 4.43. The van der Waals surface area contributed by atoms with Crippen LogP contribution >= 0.6 is 11.6 Å². The molecule has 1 heterocycles. The predicted molar refractivity (Wildman–Crippen MR) is 146 cm³/mol. The normalized spacial score (nSPS) is 14.6. The van der Waals surface area contributed by atoms with E-state index in [-0.39, 0.29) is 25.3 Å². The average Bonchev–Trinajstić information content (AvgIpc) is 3.40. The standard InChI is InChI=1S/C29H29ClFN3O5/c1-37-15-14-33(29(36)21-9-5-7-11-24(21)31)18-28(35)34-26(22-16-19(38-2)12-13-27(22)39-3)17-25(32-34)20-8-4-6-10-23(20)30/h4-13,16,26H,14-15,17-18H2,1-3H3/t26-/m1/s1. The molecule has 0 bridgehead atoms. The molecule has 10 heteroatoms. The van der Waals surface area contributed by atoms with Gasteiger partial charge in [-0.15, -0.1) is 0 Å². The zero-order valence-corrected chi connectivity index (χ0v) is 22.7. The Hall–Kier alpha value is -3.95. The maximum atomic E-state index is 14.4. The minimum absolute atomic E-state index is 0.0808. The van der Waals surface area contributed by atoms with E-state index in [1.165, 1.54) is 35.2 Å². The highest BCUT2D eigenvalue weighted by molar-refractivity contribution is 6.34. The van der Waals surface area contributed by atoms with Gasteiger partial charge in [-0.25, -0.2) is 9.40 Å². The Bertz CT molecular complexity index is 1380. The van der Waals surface area contributed by atoms with Crippen LogP contribution in [-0.4, -0.2) is 68.5 Å². The van der Waals surface area contributed by atoms with Crippen LogP contribution in [-0.2, 0) is 9.53 Å². The molecule has 1 aliphatic heterocycles. The van der Waals surface area contributed by atoms with Crippen molar-refractivity contribution in [2.75, 3.05) is 41.0 Å². The van der Waals surface area contributed by atoms with Crippen LogP contribution in [0.3, 0.4) is 0 Å². The Kier molecular flexibility index (Phi) is 9.16. The van der Waals surface area contributed by atoms with Crippen molar-refractivity contribution in [2.24, 2.45) is 5.10 Å². The number of rotatable bonds is 10. The van der Waals surface area contributed by atoms with Gasteiger partial charge in [0.15, 0.2) is 0 Å². The van der Waals surface area contributed by atoms with Crippen LogP contribution in [0.1, 0.15) is 33.9 Å². The summed E-state index contributed by atoms with van der Waals surface area (Å²) in [4.78, 5) is 28.3. The summed E-state index contributed by atoms with van der Waals surface area (Å²) in [5, 5.41) is 6.50. The van der Waals surface area contributed by atoms with Crippen LogP contribution in [0.4, 0.5) is 4.39 Å². The van der Waals surface area contributed by atoms with E-state index in [0.29, 0.717) is 39.8 Å². The molecule has 0 aromatic heterocycles. The Morgan fingerprint density at radius 1 is 1.05 bits per heavy atom. The molecule has 0 aliphatic carbocycles. The van der Waals surface area contributed by atoms with Crippen molar-refractivity contribution in [3.63, 3.8) is 0 Å². The summed E-state index contributed by atoms with van der Waals surface area (Å²) in [7, 11) is 4.58. The van der Waals surface area contributed by atoms with Crippen LogP contribution in [0.5, 0.6) is 11.5 Å². The van der Waals surface area contributed by atoms with E-state index >= 15 is 0 Å². The van der Waals surface area contributed by atoms with Crippen LogP contribution in [0.25, 0.3) is 0 Å². The largest absolute Gasteiger partial charge is 0.497 e. The number of nitrogens with zero attached hydrogens (tertiary/aromatic N) is 3. The summed E-state index contributed by atoms with van der Waals surface area (Å²) in [5.41, 5.74) is 1.85. The van der Waals surface area contributed by atoms with Crippen LogP contribution in [0, 0.1) is 5.82 Å². The number of hydrogen-bond acceptors (Lipinski definition) is 6. The molecule has 0 saturated heterocycles. The molecule has 0 unspecified atom stereocenters. The Morgan fingerprint density at radius 2 is 1.79 bits per heavy atom. The molecule has 204 valence electrons.